The Morgan fingerprint density at radius 3 is 2.37 bits per heavy atom. The van der Waals surface area contributed by atoms with Crippen molar-refractivity contribution in [1.29, 1.82) is 0 Å². The molecule has 0 radical (unpaired) electrons. The van der Waals surface area contributed by atoms with Crippen molar-refractivity contribution in [3.8, 4) is 0 Å². The molecule has 0 atom stereocenters. The number of methoxy groups -OCH3 is 1. The fourth-order valence-corrected chi connectivity index (χ4v) is 2.82. The fourth-order valence-electron chi connectivity index (χ4n) is 1.35. The summed E-state index contributed by atoms with van der Waals surface area (Å²) in [6.45, 7) is 0. The lowest BCUT2D eigenvalue weighted by molar-refractivity contribution is -0.135. The lowest BCUT2D eigenvalue weighted by atomic mass is 10.3. The highest BCUT2D eigenvalue weighted by Gasteiger charge is 2.30. The third-order valence-electron chi connectivity index (χ3n) is 2.18. The number of ether oxygens (including phenoxy) is 1. The van der Waals surface area contributed by atoms with Crippen LogP contribution in [0.2, 0.25) is 0 Å². The summed E-state index contributed by atoms with van der Waals surface area (Å²) in [7, 11) is -0.127. The molecule has 104 valence electrons. The molecular weight excluding hydrogens is 273 g/mol. The largest absolute Gasteiger partial charge is 0.465 e. The van der Waals surface area contributed by atoms with Gasteiger partial charge in [0.05, 0.1) is 7.11 Å². The molecule has 1 aromatic carbocycles. The Labute approximate surface area is 111 Å². The molecule has 0 N–H and O–H groups in total. The third kappa shape index (κ3) is 3.31. The van der Waals surface area contributed by atoms with E-state index in [1.807, 2.05) is 0 Å². The SMILES string of the molecule is COC(=O)C(=CN(C)C)S(=O)(=O)c1ccccc1F. The summed E-state index contributed by atoms with van der Waals surface area (Å²) in [5, 5.41) is 0. The van der Waals surface area contributed by atoms with Crippen LogP contribution >= 0.6 is 0 Å². The lowest BCUT2D eigenvalue weighted by Gasteiger charge is -2.11. The highest BCUT2D eigenvalue weighted by Crippen LogP contribution is 2.23. The first-order valence-corrected chi connectivity index (χ1v) is 6.75. The molecule has 0 aromatic heterocycles. The topological polar surface area (TPSA) is 63.7 Å². The molecule has 0 fully saturated rings. The maximum Gasteiger partial charge on any atom is 0.351 e. The number of halogens is 1. The Morgan fingerprint density at radius 2 is 1.89 bits per heavy atom. The van der Waals surface area contributed by atoms with Crippen LogP contribution in [0.1, 0.15) is 0 Å². The molecule has 0 aliphatic heterocycles. The van der Waals surface area contributed by atoms with Crippen LogP contribution in [0.3, 0.4) is 0 Å². The van der Waals surface area contributed by atoms with E-state index in [1.165, 1.54) is 17.0 Å². The first-order valence-electron chi connectivity index (χ1n) is 5.27. The van der Waals surface area contributed by atoms with Gasteiger partial charge in [0, 0.05) is 20.3 Å². The highest BCUT2D eigenvalue weighted by molar-refractivity contribution is 7.96. The molecule has 1 aromatic rings. The Balaban J connectivity index is 3.46. The van der Waals surface area contributed by atoms with Gasteiger partial charge in [0.15, 0.2) is 4.91 Å². The van der Waals surface area contributed by atoms with Crippen LogP contribution < -0.4 is 0 Å². The van der Waals surface area contributed by atoms with Crippen molar-refractivity contribution in [3.05, 3.63) is 41.2 Å². The normalized spacial score (nSPS) is 12.1. The second-order valence-corrected chi connectivity index (χ2v) is 5.77. The summed E-state index contributed by atoms with van der Waals surface area (Å²) in [6, 6.07) is 4.84. The predicted molar refractivity (Wildman–Crippen MR) is 67.4 cm³/mol. The summed E-state index contributed by atoms with van der Waals surface area (Å²) in [4.78, 5) is 11.7. The zero-order valence-electron chi connectivity index (χ0n) is 10.8. The summed E-state index contributed by atoms with van der Waals surface area (Å²) in [6.07, 6.45) is 1.08. The van der Waals surface area contributed by atoms with Gasteiger partial charge in [0.1, 0.15) is 10.7 Å². The van der Waals surface area contributed by atoms with E-state index in [4.69, 9.17) is 0 Å². The van der Waals surface area contributed by atoms with Crippen LogP contribution in [0.25, 0.3) is 0 Å². The number of carbonyl (C=O) groups is 1. The molecular formula is C12H14FNO4S. The van der Waals surface area contributed by atoms with Gasteiger partial charge in [-0.15, -0.1) is 0 Å². The summed E-state index contributed by atoms with van der Waals surface area (Å²) in [5.74, 6) is -1.96. The zero-order valence-corrected chi connectivity index (χ0v) is 11.6. The van der Waals surface area contributed by atoms with Gasteiger partial charge in [-0.3, -0.25) is 0 Å². The lowest BCUT2D eigenvalue weighted by Crippen LogP contribution is -2.19. The van der Waals surface area contributed by atoms with Crippen LogP contribution in [0.4, 0.5) is 4.39 Å². The van der Waals surface area contributed by atoms with Crippen LogP contribution in [0.15, 0.2) is 40.3 Å². The van der Waals surface area contributed by atoms with Gasteiger partial charge in [-0.2, -0.15) is 0 Å². The number of benzene rings is 1. The molecule has 0 amide bonds. The van der Waals surface area contributed by atoms with Gasteiger partial charge in [0.2, 0.25) is 9.84 Å². The average molecular weight is 287 g/mol. The predicted octanol–water partition coefficient (Wildman–Crippen LogP) is 1.18. The van der Waals surface area contributed by atoms with E-state index in [0.29, 0.717) is 0 Å². The molecule has 0 bridgehead atoms. The average Bonchev–Trinajstić information content (AvgIpc) is 2.35. The Bertz CT molecular complexity index is 608. The van der Waals surface area contributed by atoms with E-state index in [0.717, 1.165) is 25.4 Å². The zero-order chi connectivity index (χ0) is 14.6. The molecule has 0 saturated carbocycles. The Morgan fingerprint density at radius 1 is 1.32 bits per heavy atom. The number of nitrogens with zero attached hydrogens (tertiary/aromatic N) is 1. The first-order chi connectivity index (χ1) is 8.80. The molecule has 0 saturated heterocycles. The van der Waals surface area contributed by atoms with Crippen molar-refractivity contribution in [2.45, 2.75) is 4.90 Å². The van der Waals surface area contributed by atoms with Crippen molar-refractivity contribution in [1.82, 2.24) is 4.90 Å². The summed E-state index contributed by atoms with van der Waals surface area (Å²) >= 11 is 0. The number of carbonyl (C=O) groups excluding carboxylic acids is 1. The van der Waals surface area contributed by atoms with Crippen LogP contribution in [0, 0.1) is 5.82 Å². The van der Waals surface area contributed by atoms with Crippen molar-refractivity contribution in [2.24, 2.45) is 0 Å². The monoisotopic (exact) mass is 287 g/mol. The smallest absolute Gasteiger partial charge is 0.351 e. The maximum absolute atomic E-state index is 13.6. The number of rotatable bonds is 4. The number of hydrogen-bond donors (Lipinski definition) is 0. The molecule has 0 aliphatic carbocycles. The molecule has 0 unspecified atom stereocenters. The molecule has 19 heavy (non-hydrogen) atoms. The van der Waals surface area contributed by atoms with Crippen molar-refractivity contribution in [2.75, 3.05) is 21.2 Å². The van der Waals surface area contributed by atoms with Crippen molar-refractivity contribution >= 4 is 15.8 Å². The molecule has 7 heteroatoms. The second-order valence-electron chi connectivity index (χ2n) is 3.88. The molecule has 0 heterocycles. The number of esters is 1. The first kappa shape index (κ1) is 15.2. The number of hydrogen-bond acceptors (Lipinski definition) is 5. The minimum atomic E-state index is -4.27. The highest BCUT2D eigenvalue weighted by atomic mass is 32.2. The van der Waals surface area contributed by atoms with Gasteiger partial charge >= 0.3 is 5.97 Å². The van der Waals surface area contributed by atoms with Gasteiger partial charge < -0.3 is 9.64 Å². The van der Waals surface area contributed by atoms with E-state index in [2.05, 4.69) is 4.74 Å². The van der Waals surface area contributed by atoms with E-state index < -0.39 is 31.4 Å². The van der Waals surface area contributed by atoms with E-state index in [-0.39, 0.29) is 0 Å². The molecule has 5 nitrogen and oxygen atoms in total. The van der Waals surface area contributed by atoms with Gasteiger partial charge in [-0.1, -0.05) is 12.1 Å². The van der Waals surface area contributed by atoms with Crippen molar-refractivity contribution < 1.29 is 22.3 Å². The van der Waals surface area contributed by atoms with E-state index in [1.54, 1.807) is 14.1 Å². The number of sulfone groups is 1. The second kappa shape index (κ2) is 5.83. The van der Waals surface area contributed by atoms with E-state index >= 15 is 0 Å². The third-order valence-corrected chi connectivity index (χ3v) is 3.94. The summed E-state index contributed by atoms with van der Waals surface area (Å²) in [5.41, 5.74) is 0. The Hall–Kier alpha value is -1.89. The van der Waals surface area contributed by atoms with Crippen molar-refractivity contribution in [3.63, 3.8) is 0 Å². The van der Waals surface area contributed by atoms with E-state index in [9.17, 15) is 17.6 Å². The van der Waals surface area contributed by atoms with Crippen LogP contribution in [-0.4, -0.2) is 40.5 Å². The maximum atomic E-state index is 13.6. The minimum Gasteiger partial charge on any atom is -0.465 e. The molecule has 0 spiro atoms. The fraction of sp³-hybridized carbons (Fsp3) is 0.250. The Kier molecular flexibility index (Phi) is 4.66. The van der Waals surface area contributed by atoms with Crippen LogP contribution in [0.5, 0.6) is 0 Å². The summed E-state index contributed by atoms with van der Waals surface area (Å²) < 4.78 is 42.5. The molecule has 1 rings (SSSR count). The standard InChI is InChI=1S/C12H14FNO4S/c1-14(2)8-11(12(15)18-3)19(16,17)10-7-5-4-6-9(10)13/h4-8H,1-3H3. The van der Waals surface area contributed by atoms with Gasteiger partial charge in [-0.05, 0) is 12.1 Å². The quantitative estimate of drug-likeness (QED) is 0.614. The van der Waals surface area contributed by atoms with Gasteiger partial charge in [-0.25, -0.2) is 17.6 Å². The minimum absolute atomic E-state index is 0.562. The molecule has 0 aliphatic rings. The van der Waals surface area contributed by atoms with Gasteiger partial charge in [0.25, 0.3) is 0 Å². The van der Waals surface area contributed by atoms with Crippen LogP contribution in [-0.2, 0) is 19.4 Å².